The zero-order valence-electron chi connectivity index (χ0n) is 11.6. The summed E-state index contributed by atoms with van der Waals surface area (Å²) < 4.78 is 1.15. The second-order valence-electron chi connectivity index (χ2n) is 4.88. The van der Waals surface area contributed by atoms with Crippen LogP contribution in [-0.2, 0) is 6.42 Å². The molecule has 0 aliphatic carbocycles. The first-order valence-corrected chi connectivity index (χ1v) is 8.40. The summed E-state index contributed by atoms with van der Waals surface area (Å²) in [4.78, 5) is 2.32. The Morgan fingerprint density at radius 3 is 2.56 bits per heavy atom. The van der Waals surface area contributed by atoms with E-state index >= 15 is 0 Å². The van der Waals surface area contributed by atoms with Crippen LogP contribution in [0.5, 0.6) is 0 Å². The van der Waals surface area contributed by atoms with Crippen LogP contribution in [0.1, 0.15) is 19.4 Å². The van der Waals surface area contributed by atoms with Gasteiger partial charge in [-0.1, -0.05) is 6.07 Å². The molecule has 1 aromatic rings. The Hall–Kier alpha value is -0.190. The standard InChI is InChI=1S/C14H23BrN2S/c1-10(16)7-12-5-6-14(13(15)8-12)17(3)11(2)9-18-4/h5-6,8,10-11H,7,9,16H2,1-4H3. The molecule has 2 N–H and O–H groups in total. The zero-order chi connectivity index (χ0) is 13.7. The molecule has 2 atom stereocenters. The summed E-state index contributed by atoms with van der Waals surface area (Å²) >= 11 is 5.54. The molecular formula is C14H23BrN2S. The lowest BCUT2D eigenvalue weighted by Crippen LogP contribution is -2.31. The Bertz CT molecular complexity index is 382. The maximum Gasteiger partial charge on any atom is 0.0510 e. The van der Waals surface area contributed by atoms with Crippen molar-refractivity contribution in [1.29, 1.82) is 0 Å². The molecule has 0 saturated carbocycles. The lowest BCUT2D eigenvalue weighted by atomic mass is 10.1. The van der Waals surface area contributed by atoms with Gasteiger partial charge in [0.15, 0.2) is 0 Å². The molecule has 0 spiro atoms. The Morgan fingerprint density at radius 1 is 1.39 bits per heavy atom. The number of hydrogen-bond acceptors (Lipinski definition) is 3. The molecule has 0 aromatic heterocycles. The molecule has 0 saturated heterocycles. The van der Waals surface area contributed by atoms with Gasteiger partial charge in [-0.15, -0.1) is 0 Å². The van der Waals surface area contributed by atoms with Crippen molar-refractivity contribution in [3.8, 4) is 0 Å². The van der Waals surface area contributed by atoms with Gasteiger partial charge < -0.3 is 10.6 Å². The first-order chi connectivity index (χ1) is 8.45. The SMILES string of the molecule is CSCC(C)N(C)c1ccc(CC(C)N)cc1Br. The molecule has 0 aliphatic rings. The second kappa shape index (κ2) is 7.41. The number of nitrogens with zero attached hydrogens (tertiary/aromatic N) is 1. The van der Waals surface area contributed by atoms with Crippen molar-refractivity contribution in [2.24, 2.45) is 5.73 Å². The summed E-state index contributed by atoms with van der Waals surface area (Å²) in [6.45, 7) is 4.29. The van der Waals surface area contributed by atoms with Crippen molar-refractivity contribution < 1.29 is 0 Å². The quantitative estimate of drug-likeness (QED) is 0.865. The molecule has 0 fully saturated rings. The number of nitrogens with two attached hydrogens (primary N) is 1. The summed E-state index contributed by atoms with van der Waals surface area (Å²) in [7, 11) is 2.15. The Balaban J connectivity index is 2.84. The van der Waals surface area contributed by atoms with Gasteiger partial charge in [0, 0.05) is 29.4 Å². The molecule has 2 nitrogen and oxygen atoms in total. The van der Waals surface area contributed by atoms with Crippen LogP contribution < -0.4 is 10.6 Å². The van der Waals surface area contributed by atoms with E-state index in [1.807, 2.05) is 18.7 Å². The van der Waals surface area contributed by atoms with Gasteiger partial charge in [0.2, 0.25) is 0 Å². The van der Waals surface area contributed by atoms with E-state index in [-0.39, 0.29) is 6.04 Å². The van der Waals surface area contributed by atoms with Gasteiger partial charge in [-0.3, -0.25) is 0 Å². The predicted molar refractivity (Wildman–Crippen MR) is 87.7 cm³/mol. The van der Waals surface area contributed by atoms with Crippen molar-refractivity contribution in [3.05, 3.63) is 28.2 Å². The average Bonchev–Trinajstić information content (AvgIpc) is 2.28. The fourth-order valence-electron chi connectivity index (χ4n) is 1.93. The lowest BCUT2D eigenvalue weighted by molar-refractivity contribution is 0.736. The first kappa shape index (κ1) is 15.9. The summed E-state index contributed by atoms with van der Waals surface area (Å²) in [5, 5.41) is 0. The van der Waals surface area contributed by atoms with Crippen molar-refractivity contribution in [2.75, 3.05) is 24.0 Å². The van der Waals surface area contributed by atoms with Crippen molar-refractivity contribution in [1.82, 2.24) is 0 Å². The molecule has 18 heavy (non-hydrogen) atoms. The minimum absolute atomic E-state index is 0.205. The number of anilines is 1. The number of halogens is 1. The summed E-state index contributed by atoms with van der Waals surface area (Å²) in [5.41, 5.74) is 8.36. The number of rotatable bonds is 6. The molecule has 1 rings (SSSR count). The van der Waals surface area contributed by atoms with Crippen molar-refractivity contribution in [3.63, 3.8) is 0 Å². The normalized spacial score (nSPS) is 14.3. The Kier molecular flexibility index (Phi) is 6.53. The van der Waals surface area contributed by atoms with Crippen LogP contribution >= 0.6 is 27.7 Å². The predicted octanol–water partition coefficient (Wildman–Crippen LogP) is 3.53. The van der Waals surface area contributed by atoms with E-state index in [4.69, 9.17) is 5.73 Å². The summed E-state index contributed by atoms with van der Waals surface area (Å²) in [6, 6.07) is 7.26. The van der Waals surface area contributed by atoms with Crippen LogP contribution in [0.4, 0.5) is 5.69 Å². The van der Waals surface area contributed by atoms with Crippen molar-refractivity contribution in [2.45, 2.75) is 32.4 Å². The first-order valence-electron chi connectivity index (χ1n) is 6.21. The highest BCUT2D eigenvalue weighted by Gasteiger charge is 2.12. The van der Waals surface area contributed by atoms with Crippen LogP contribution in [0.25, 0.3) is 0 Å². The van der Waals surface area contributed by atoms with Gasteiger partial charge in [-0.2, -0.15) is 11.8 Å². The Labute approximate surface area is 123 Å². The van der Waals surface area contributed by atoms with E-state index < -0.39 is 0 Å². The van der Waals surface area contributed by atoms with Crippen LogP contribution in [0.3, 0.4) is 0 Å². The second-order valence-corrected chi connectivity index (χ2v) is 6.65. The zero-order valence-corrected chi connectivity index (χ0v) is 14.0. The lowest BCUT2D eigenvalue weighted by Gasteiger charge is -2.27. The van der Waals surface area contributed by atoms with Gasteiger partial charge in [-0.25, -0.2) is 0 Å². The van der Waals surface area contributed by atoms with Crippen LogP contribution in [0.15, 0.2) is 22.7 Å². The highest BCUT2D eigenvalue weighted by molar-refractivity contribution is 9.10. The van der Waals surface area contributed by atoms with E-state index in [1.165, 1.54) is 11.3 Å². The fraction of sp³-hybridized carbons (Fsp3) is 0.571. The molecule has 0 aliphatic heterocycles. The minimum atomic E-state index is 0.205. The number of hydrogen-bond donors (Lipinski definition) is 1. The molecule has 2 unspecified atom stereocenters. The van der Waals surface area contributed by atoms with E-state index in [9.17, 15) is 0 Å². The molecule has 102 valence electrons. The molecule has 0 bridgehead atoms. The van der Waals surface area contributed by atoms with E-state index in [0.717, 1.165) is 16.6 Å². The van der Waals surface area contributed by atoms with Crippen molar-refractivity contribution >= 4 is 33.4 Å². The van der Waals surface area contributed by atoms with Crippen LogP contribution in [-0.4, -0.2) is 31.1 Å². The molecule has 4 heteroatoms. The minimum Gasteiger partial charge on any atom is -0.370 e. The molecular weight excluding hydrogens is 308 g/mol. The maximum atomic E-state index is 5.83. The van der Waals surface area contributed by atoms with E-state index in [0.29, 0.717) is 6.04 Å². The molecule has 0 heterocycles. The topological polar surface area (TPSA) is 29.3 Å². The molecule has 0 radical (unpaired) electrons. The third kappa shape index (κ3) is 4.48. The number of thioether (sulfide) groups is 1. The average molecular weight is 331 g/mol. The fourth-order valence-corrected chi connectivity index (χ4v) is 3.34. The maximum absolute atomic E-state index is 5.83. The van der Waals surface area contributed by atoms with Crippen LogP contribution in [0, 0.1) is 0 Å². The van der Waals surface area contributed by atoms with E-state index in [1.54, 1.807) is 0 Å². The van der Waals surface area contributed by atoms with Gasteiger partial charge in [0.05, 0.1) is 5.69 Å². The van der Waals surface area contributed by atoms with Gasteiger partial charge in [0.25, 0.3) is 0 Å². The third-order valence-electron chi connectivity index (χ3n) is 3.02. The monoisotopic (exact) mass is 330 g/mol. The van der Waals surface area contributed by atoms with Gasteiger partial charge in [0.1, 0.15) is 0 Å². The highest BCUT2D eigenvalue weighted by atomic mass is 79.9. The summed E-state index contributed by atoms with van der Waals surface area (Å²) in [6.07, 6.45) is 3.06. The van der Waals surface area contributed by atoms with Crippen LogP contribution in [0.2, 0.25) is 0 Å². The number of benzene rings is 1. The largest absolute Gasteiger partial charge is 0.370 e. The van der Waals surface area contributed by atoms with Gasteiger partial charge >= 0.3 is 0 Å². The van der Waals surface area contributed by atoms with Gasteiger partial charge in [-0.05, 0) is 60.2 Å². The smallest absolute Gasteiger partial charge is 0.0510 e. The molecule has 1 aromatic carbocycles. The highest BCUT2D eigenvalue weighted by Crippen LogP contribution is 2.28. The third-order valence-corrected chi connectivity index (χ3v) is 4.47. The summed E-state index contributed by atoms with van der Waals surface area (Å²) in [5.74, 6) is 1.13. The van der Waals surface area contributed by atoms with E-state index in [2.05, 4.69) is 59.3 Å². The molecule has 0 amide bonds. The Morgan fingerprint density at radius 2 is 2.06 bits per heavy atom.